The molecule has 0 aliphatic heterocycles. The van der Waals surface area contributed by atoms with E-state index in [0.717, 1.165) is 28.7 Å². The molecule has 2 heterocycles. The highest BCUT2D eigenvalue weighted by molar-refractivity contribution is 7.16. The average molecular weight is 258 g/mol. The first-order valence-corrected chi connectivity index (χ1v) is 6.18. The summed E-state index contributed by atoms with van der Waals surface area (Å²) < 4.78 is 5.45. The van der Waals surface area contributed by atoms with Crippen LogP contribution in [0.25, 0.3) is 0 Å². The molecule has 0 unspecified atom stereocenters. The fraction of sp³-hybridized carbons (Fsp3) is 0.400. The number of thiophene rings is 1. The van der Waals surface area contributed by atoms with E-state index in [0.29, 0.717) is 6.54 Å². The topological polar surface area (TPSA) is 51.0 Å². The van der Waals surface area contributed by atoms with Gasteiger partial charge in [0.25, 0.3) is 0 Å². The molecular weight excluding hydrogens is 246 g/mol. The van der Waals surface area contributed by atoms with Crippen LogP contribution in [0.3, 0.4) is 0 Å². The van der Waals surface area contributed by atoms with Crippen LogP contribution in [-0.2, 0) is 13.0 Å². The third kappa shape index (κ3) is 3.04. The van der Waals surface area contributed by atoms with Crippen molar-refractivity contribution in [3.05, 3.63) is 32.7 Å². The van der Waals surface area contributed by atoms with Crippen molar-refractivity contribution < 1.29 is 4.63 Å². The number of aryl methyl sites for hydroxylation is 1. The van der Waals surface area contributed by atoms with Crippen molar-refractivity contribution in [1.82, 2.24) is 15.6 Å². The van der Waals surface area contributed by atoms with Gasteiger partial charge < -0.3 is 5.32 Å². The minimum absolute atomic E-state index is 0.689. The van der Waals surface area contributed by atoms with Gasteiger partial charge in [-0.05, 0) is 25.5 Å². The third-order valence-corrected chi connectivity index (χ3v) is 3.51. The van der Waals surface area contributed by atoms with Gasteiger partial charge >= 0.3 is 0 Å². The van der Waals surface area contributed by atoms with Crippen molar-refractivity contribution in [3.8, 4) is 0 Å². The zero-order valence-corrected chi connectivity index (χ0v) is 10.4. The molecule has 0 amide bonds. The van der Waals surface area contributed by atoms with Gasteiger partial charge in [-0.2, -0.15) is 0 Å². The smallest absolute Gasteiger partial charge is 0.121 e. The summed E-state index contributed by atoms with van der Waals surface area (Å²) in [6.45, 7) is 3.46. The predicted octanol–water partition coefficient (Wildman–Crippen LogP) is 2.43. The molecule has 0 aliphatic rings. The second-order valence-corrected chi connectivity index (χ2v) is 5.23. The molecule has 0 aromatic carbocycles. The van der Waals surface area contributed by atoms with E-state index >= 15 is 0 Å². The Balaban J connectivity index is 1.71. The van der Waals surface area contributed by atoms with Gasteiger partial charge in [-0.15, -0.1) is 11.3 Å². The molecule has 0 aliphatic carbocycles. The maximum Gasteiger partial charge on any atom is 0.121 e. The molecule has 0 spiro atoms. The monoisotopic (exact) mass is 257 g/mol. The first-order valence-electron chi connectivity index (χ1n) is 4.98. The predicted molar refractivity (Wildman–Crippen MR) is 63.8 cm³/mol. The van der Waals surface area contributed by atoms with E-state index in [2.05, 4.69) is 26.3 Å². The quantitative estimate of drug-likeness (QED) is 0.836. The first kappa shape index (κ1) is 11.6. The Bertz CT molecular complexity index is 454. The zero-order valence-electron chi connectivity index (χ0n) is 8.86. The summed E-state index contributed by atoms with van der Waals surface area (Å²) >= 11 is 7.46. The average Bonchev–Trinajstić information content (AvgIpc) is 2.83. The normalized spacial score (nSPS) is 10.9. The van der Waals surface area contributed by atoms with E-state index in [9.17, 15) is 0 Å². The highest BCUT2D eigenvalue weighted by atomic mass is 35.5. The van der Waals surface area contributed by atoms with Crippen LogP contribution < -0.4 is 5.32 Å². The van der Waals surface area contributed by atoms with Crippen LogP contribution in [0.5, 0.6) is 0 Å². The summed E-state index contributed by atoms with van der Waals surface area (Å²) in [4.78, 5) is 1.28. The van der Waals surface area contributed by atoms with Crippen LogP contribution in [0.15, 0.2) is 16.8 Å². The second kappa shape index (κ2) is 5.43. The lowest BCUT2D eigenvalue weighted by Crippen LogP contribution is -2.17. The van der Waals surface area contributed by atoms with Crippen molar-refractivity contribution in [2.75, 3.05) is 6.54 Å². The van der Waals surface area contributed by atoms with Crippen molar-refractivity contribution in [3.63, 3.8) is 0 Å². The summed E-state index contributed by atoms with van der Waals surface area (Å²) in [7, 11) is 0. The Morgan fingerprint density at radius 3 is 2.94 bits per heavy atom. The maximum atomic E-state index is 5.84. The molecule has 0 saturated heterocycles. The molecule has 6 heteroatoms. The molecule has 2 aromatic heterocycles. The molecule has 2 rings (SSSR count). The molecule has 4 nitrogen and oxygen atoms in total. The number of nitrogens with zero attached hydrogens (tertiary/aromatic N) is 2. The Morgan fingerprint density at radius 1 is 1.44 bits per heavy atom. The fourth-order valence-electron chi connectivity index (χ4n) is 1.31. The number of rotatable bonds is 5. The first-order chi connectivity index (χ1) is 7.75. The molecule has 0 radical (unpaired) electrons. The SMILES string of the molecule is Cc1nonc1CNCCc1ccc(Cl)s1. The minimum atomic E-state index is 0.689. The van der Waals surface area contributed by atoms with Crippen LogP contribution in [0.2, 0.25) is 4.34 Å². The van der Waals surface area contributed by atoms with Crippen molar-refractivity contribution in [2.45, 2.75) is 19.9 Å². The van der Waals surface area contributed by atoms with Crippen LogP contribution >= 0.6 is 22.9 Å². The third-order valence-electron chi connectivity index (χ3n) is 2.22. The largest absolute Gasteiger partial charge is 0.311 e. The van der Waals surface area contributed by atoms with E-state index in [4.69, 9.17) is 11.6 Å². The van der Waals surface area contributed by atoms with E-state index in [-0.39, 0.29) is 0 Å². The van der Waals surface area contributed by atoms with E-state index in [1.54, 1.807) is 11.3 Å². The van der Waals surface area contributed by atoms with Gasteiger partial charge in [0.05, 0.1) is 4.34 Å². The Labute approximate surface area is 103 Å². The summed E-state index contributed by atoms with van der Waals surface area (Å²) in [5.74, 6) is 0. The van der Waals surface area contributed by atoms with Crippen LogP contribution in [-0.4, -0.2) is 16.9 Å². The van der Waals surface area contributed by atoms with Gasteiger partial charge in [-0.3, -0.25) is 0 Å². The lowest BCUT2D eigenvalue weighted by molar-refractivity contribution is 0.300. The van der Waals surface area contributed by atoms with Gasteiger partial charge in [0, 0.05) is 18.0 Å². The molecule has 0 bridgehead atoms. The maximum absolute atomic E-state index is 5.84. The van der Waals surface area contributed by atoms with Gasteiger partial charge in [0.2, 0.25) is 0 Å². The molecule has 1 N–H and O–H groups in total. The van der Waals surface area contributed by atoms with Gasteiger partial charge in [0.1, 0.15) is 11.4 Å². The van der Waals surface area contributed by atoms with Crippen LogP contribution in [0.1, 0.15) is 16.3 Å². The van der Waals surface area contributed by atoms with Crippen molar-refractivity contribution in [1.29, 1.82) is 0 Å². The molecule has 0 atom stereocenters. The van der Waals surface area contributed by atoms with Crippen LogP contribution in [0.4, 0.5) is 0 Å². The summed E-state index contributed by atoms with van der Waals surface area (Å²) in [6.07, 6.45) is 0.974. The molecule has 2 aromatic rings. The highest BCUT2D eigenvalue weighted by Crippen LogP contribution is 2.21. The van der Waals surface area contributed by atoms with Gasteiger partial charge in [0.15, 0.2) is 0 Å². The molecule has 0 fully saturated rings. The van der Waals surface area contributed by atoms with Crippen LogP contribution in [0, 0.1) is 6.92 Å². The van der Waals surface area contributed by atoms with Gasteiger partial charge in [-0.25, -0.2) is 4.63 Å². The number of halogens is 1. The van der Waals surface area contributed by atoms with Crippen molar-refractivity contribution >= 4 is 22.9 Å². The zero-order chi connectivity index (χ0) is 11.4. The summed E-state index contributed by atoms with van der Waals surface area (Å²) in [6, 6.07) is 3.98. The minimum Gasteiger partial charge on any atom is -0.311 e. The Kier molecular flexibility index (Phi) is 3.93. The summed E-state index contributed by atoms with van der Waals surface area (Å²) in [5, 5.41) is 10.8. The highest BCUT2D eigenvalue weighted by Gasteiger charge is 2.04. The summed E-state index contributed by atoms with van der Waals surface area (Å²) in [5.41, 5.74) is 1.70. The number of hydrogen-bond acceptors (Lipinski definition) is 5. The van der Waals surface area contributed by atoms with Gasteiger partial charge in [-0.1, -0.05) is 21.9 Å². The standard InChI is InChI=1S/C10H12ClN3OS/c1-7-9(14-15-13-7)6-12-5-4-8-2-3-10(11)16-8/h2-3,12H,4-6H2,1H3. The lowest BCUT2D eigenvalue weighted by Gasteiger charge is -2.00. The molecular formula is C10H12ClN3OS. The number of hydrogen-bond donors (Lipinski definition) is 1. The van der Waals surface area contributed by atoms with E-state index in [1.807, 2.05) is 13.0 Å². The van der Waals surface area contributed by atoms with E-state index < -0.39 is 0 Å². The second-order valence-electron chi connectivity index (χ2n) is 3.43. The van der Waals surface area contributed by atoms with E-state index in [1.165, 1.54) is 4.88 Å². The molecule has 0 saturated carbocycles. The molecule has 86 valence electrons. The molecule has 16 heavy (non-hydrogen) atoms. The van der Waals surface area contributed by atoms with Crippen molar-refractivity contribution in [2.24, 2.45) is 0 Å². The Hall–Kier alpha value is -0.910. The number of aromatic nitrogens is 2. The lowest BCUT2D eigenvalue weighted by atomic mass is 10.3. The Morgan fingerprint density at radius 2 is 2.31 bits per heavy atom. The fourth-order valence-corrected chi connectivity index (χ4v) is 2.40. The number of nitrogens with one attached hydrogen (secondary N) is 1.